The summed E-state index contributed by atoms with van der Waals surface area (Å²) >= 11 is 0. The number of rotatable bonds is 4. The Morgan fingerprint density at radius 2 is 1.96 bits per heavy atom. The van der Waals surface area contributed by atoms with E-state index in [-0.39, 0.29) is 8.10 Å². The molecule has 1 N–H and O–H groups in total. The average Bonchev–Trinajstić information content (AvgIpc) is 3.15. The molecule has 0 saturated carbocycles. The number of alkyl halides is 1. The fourth-order valence-electron chi connectivity index (χ4n) is 3.23. The zero-order valence-electron chi connectivity index (χ0n) is 15.9. The number of fused-ring (bicyclic) bond motifs is 1. The zero-order valence-corrected chi connectivity index (χ0v) is 15.9. The van der Waals surface area contributed by atoms with Gasteiger partial charge in [-0.1, -0.05) is 5.92 Å². The van der Waals surface area contributed by atoms with Crippen LogP contribution in [-0.4, -0.2) is 56.5 Å². The van der Waals surface area contributed by atoms with Crippen LogP contribution in [0.4, 0.5) is 15.9 Å². The van der Waals surface area contributed by atoms with Gasteiger partial charge in [0, 0.05) is 44.7 Å². The standard InChI is InChI=1S/C22H23FN4O.H2/c1-26(11-10-23)20-7-3-17(4-8-20)2-6-19-16-18-5-9-21(25-22(18)24-19)27-12-14-28-15-13-27;/h3-5,7-9,16H,10-15H2,1H3,(H,24,25);1H. The number of hydrogen-bond acceptors (Lipinski definition) is 4. The van der Waals surface area contributed by atoms with Crippen LogP contribution in [0.15, 0.2) is 42.5 Å². The Morgan fingerprint density at radius 1 is 1.18 bits per heavy atom. The Morgan fingerprint density at radius 3 is 2.71 bits per heavy atom. The molecule has 3 aromatic rings. The smallest absolute Gasteiger partial charge is 0.140 e. The number of benzene rings is 1. The van der Waals surface area contributed by atoms with Gasteiger partial charge in [0.25, 0.3) is 0 Å². The van der Waals surface area contributed by atoms with Gasteiger partial charge in [-0.25, -0.2) is 9.37 Å². The van der Waals surface area contributed by atoms with E-state index in [1.807, 2.05) is 48.3 Å². The Labute approximate surface area is 165 Å². The first-order valence-electron chi connectivity index (χ1n) is 9.44. The van der Waals surface area contributed by atoms with E-state index in [4.69, 9.17) is 9.72 Å². The maximum Gasteiger partial charge on any atom is 0.140 e. The van der Waals surface area contributed by atoms with E-state index in [9.17, 15) is 4.39 Å². The summed E-state index contributed by atoms with van der Waals surface area (Å²) in [4.78, 5) is 12.1. The molecule has 0 spiro atoms. The van der Waals surface area contributed by atoms with Crippen LogP contribution in [0.1, 0.15) is 12.7 Å². The van der Waals surface area contributed by atoms with Crippen molar-refractivity contribution in [3.8, 4) is 11.8 Å². The van der Waals surface area contributed by atoms with Gasteiger partial charge in [0.2, 0.25) is 0 Å². The molecule has 1 saturated heterocycles. The fraction of sp³-hybridized carbons (Fsp3) is 0.318. The number of ether oxygens (including phenoxy) is 1. The second-order valence-corrected chi connectivity index (χ2v) is 6.80. The van der Waals surface area contributed by atoms with E-state index in [2.05, 4.69) is 27.8 Å². The molecule has 1 fully saturated rings. The number of nitrogens with zero attached hydrogens (tertiary/aromatic N) is 3. The van der Waals surface area contributed by atoms with Crippen LogP contribution < -0.4 is 9.80 Å². The largest absolute Gasteiger partial charge is 0.378 e. The van der Waals surface area contributed by atoms with E-state index < -0.39 is 0 Å². The molecular weight excluding hydrogens is 355 g/mol. The number of nitrogens with one attached hydrogen (secondary N) is 1. The van der Waals surface area contributed by atoms with Crippen LogP contribution in [0.3, 0.4) is 0 Å². The molecule has 0 unspecified atom stereocenters. The number of anilines is 2. The third-order valence-corrected chi connectivity index (χ3v) is 4.87. The Hall–Kier alpha value is -3.04. The summed E-state index contributed by atoms with van der Waals surface area (Å²) in [7, 11) is 1.88. The molecule has 2 aromatic heterocycles. The summed E-state index contributed by atoms with van der Waals surface area (Å²) in [5.74, 6) is 7.30. The predicted molar refractivity (Wildman–Crippen MR) is 113 cm³/mol. The van der Waals surface area contributed by atoms with Gasteiger partial charge in [-0.2, -0.15) is 0 Å². The lowest BCUT2D eigenvalue weighted by molar-refractivity contribution is 0.122. The Kier molecular flexibility index (Phi) is 5.45. The summed E-state index contributed by atoms with van der Waals surface area (Å²) in [6.45, 7) is 3.23. The van der Waals surface area contributed by atoms with Crippen molar-refractivity contribution in [2.24, 2.45) is 0 Å². The molecular formula is C22H25FN4O. The molecule has 5 nitrogen and oxygen atoms in total. The molecule has 6 heteroatoms. The van der Waals surface area contributed by atoms with Crippen molar-refractivity contribution in [3.05, 3.63) is 53.7 Å². The maximum absolute atomic E-state index is 12.5. The van der Waals surface area contributed by atoms with E-state index in [0.29, 0.717) is 6.54 Å². The summed E-state index contributed by atoms with van der Waals surface area (Å²) in [5.41, 5.74) is 3.57. The number of morpholine rings is 1. The van der Waals surface area contributed by atoms with Crippen molar-refractivity contribution < 1.29 is 10.6 Å². The SMILES string of the molecule is CN(CCF)c1ccc(C#Cc2cc3ccc(N4CCOCC4)nc3[nH]2)cc1.[HH]. The first kappa shape index (κ1) is 18.3. The second-order valence-electron chi connectivity index (χ2n) is 6.80. The highest BCUT2D eigenvalue weighted by molar-refractivity contribution is 5.79. The van der Waals surface area contributed by atoms with E-state index in [1.54, 1.807) is 0 Å². The fourth-order valence-corrected chi connectivity index (χ4v) is 3.23. The van der Waals surface area contributed by atoms with Gasteiger partial charge in [-0.15, -0.1) is 0 Å². The van der Waals surface area contributed by atoms with Crippen molar-refractivity contribution >= 4 is 22.5 Å². The van der Waals surface area contributed by atoms with E-state index >= 15 is 0 Å². The number of aromatic amines is 1. The van der Waals surface area contributed by atoms with Crippen molar-refractivity contribution in [3.63, 3.8) is 0 Å². The molecule has 28 heavy (non-hydrogen) atoms. The molecule has 0 bridgehead atoms. The average molecular weight is 380 g/mol. The molecule has 0 aliphatic carbocycles. The van der Waals surface area contributed by atoms with Crippen LogP contribution >= 0.6 is 0 Å². The van der Waals surface area contributed by atoms with Gasteiger partial charge >= 0.3 is 0 Å². The van der Waals surface area contributed by atoms with Crippen LogP contribution in [0.2, 0.25) is 0 Å². The van der Waals surface area contributed by atoms with Gasteiger partial charge in [0.1, 0.15) is 18.1 Å². The van der Waals surface area contributed by atoms with Crippen LogP contribution in [-0.2, 0) is 4.74 Å². The van der Waals surface area contributed by atoms with Gasteiger partial charge in [0.05, 0.1) is 18.9 Å². The first-order valence-corrected chi connectivity index (χ1v) is 9.44. The summed E-state index contributed by atoms with van der Waals surface area (Å²) in [5, 5.41) is 1.05. The minimum absolute atomic E-state index is 0. The topological polar surface area (TPSA) is 44.4 Å². The first-order chi connectivity index (χ1) is 13.7. The number of halogens is 1. The molecule has 0 atom stereocenters. The third-order valence-electron chi connectivity index (χ3n) is 4.87. The van der Waals surface area contributed by atoms with Crippen molar-refractivity contribution in [2.75, 3.05) is 56.4 Å². The maximum atomic E-state index is 12.5. The highest BCUT2D eigenvalue weighted by Gasteiger charge is 2.13. The number of H-pyrrole nitrogens is 1. The van der Waals surface area contributed by atoms with Crippen molar-refractivity contribution in [1.29, 1.82) is 0 Å². The molecule has 1 aliphatic heterocycles. The van der Waals surface area contributed by atoms with Crippen LogP contribution in [0.25, 0.3) is 11.0 Å². The van der Waals surface area contributed by atoms with Gasteiger partial charge in [-0.05, 0) is 48.4 Å². The molecule has 1 aliphatic rings. The van der Waals surface area contributed by atoms with Crippen LogP contribution in [0.5, 0.6) is 0 Å². The summed E-state index contributed by atoms with van der Waals surface area (Å²) < 4.78 is 17.9. The lowest BCUT2D eigenvalue weighted by atomic mass is 10.2. The predicted octanol–water partition coefficient (Wildman–Crippen LogP) is 3.45. The Bertz CT molecular complexity index is 1000. The van der Waals surface area contributed by atoms with Gasteiger partial charge < -0.3 is 19.5 Å². The van der Waals surface area contributed by atoms with E-state index in [1.165, 1.54) is 0 Å². The Balaban J connectivity index is 0.00000240. The van der Waals surface area contributed by atoms with Gasteiger partial charge in [-0.3, -0.25) is 0 Å². The van der Waals surface area contributed by atoms with Gasteiger partial charge in [0.15, 0.2) is 0 Å². The molecule has 0 amide bonds. The quantitative estimate of drug-likeness (QED) is 0.704. The monoisotopic (exact) mass is 380 g/mol. The molecule has 0 radical (unpaired) electrons. The van der Waals surface area contributed by atoms with E-state index in [0.717, 1.165) is 60.1 Å². The highest BCUT2D eigenvalue weighted by Crippen LogP contribution is 2.19. The zero-order chi connectivity index (χ0) is 19.3. The van der Waals surface area contributed by atoms with Crippen molar-refractivity contribution in [2.45, 2.75) is 0 Å². The minimum atomic E-state index is -0.361. The summed E-state index contributed by atoms with van der Waals surface area (Å²) in [6, 6.07) is 14.0. The molecule has 3 heterocycles. The minimum Gasteiger partial charge on any atom is -0.378 e. The van der Waals surface area contributed by atoms with Crippen LogP contribution in [0, 0.1) is 11.8 Å². The number of hydrogen-bond donors (Lipinski definition) is 1. The third kappa shape index (κ3) is 4.10. The second kappa shape index (κ2) is 8.32. The molecule has 1 aromatic carbocycles. The normalized spacial score (nSPS) is 14.0. The van der Waals surface area contributed by atoms with Crippen molar-refractivity contribution in [1.82, 2.24) is 9.97 Å². The molecule has 4 rings (SSSR count). The highest BCUT2D eigenvalue weighted by atomic mass is 19.1. The number of aromatic nitrogens is 2. The molecule has 146 valence electrons. The lowest BCUT2D eigenvalue weighted by Gasteiger charge is -2.27. The summed E-state index contributed by atoms with van der Waals surface area (Å²) in [6.07, 6.45) is 0. The number of pyridine rings is 1. The lowest BCUT2D eigenvalue weighted by Crippen LogP contribution is -2.36.